The lowest BCUT2D eigenvalue weighted by Gasteiger charge is -2.07. The third-order valence-electron chi connectivity index (χ3n) is 4.62. The quantitative estimate of drug-likeness (QED) is 0.321. The number of carboxylic acids is 1. The molecule has 2 aromatic carbocycles. The largest absolute Gasteiger partial charge is 0.478 e. The molecule has 0 aliphatic carbocycles. The maximum absolute atomic E-state index is 13.9. The Morgan fingerprint density at radius 2 is 1.69 bits per heavy atom. The number of pyridine rings is 1. The first kappa shape index (κ1) is 19.2. The van der Waals surface area contributed by atoms with Crippen molar-refractivity contribution in [1.29, 1.82) is 0 Å². The Labute approximate surface area is 174 Å². The van der Waals surface area contributed by atoms with Gasteiger partial charge in [0.1, 0.15) is 5.82 Å². The zero-order valence-electron chi connectivity index (χ0n) is 14.7. The summed E-state index contributed by atoms with van der Waals surface area (Å²) >= 11 is 12.2. The van der Waals surface area contributed by atoms with Crippen LogP contribution in [0.15, 0.2) is 66.9 Å². The normalized spacial score (nSPS) is 11.0. The van der Waals surface area contributed by atoms with Crippen molar-refractivity contribution >= 4 is 40.5 Å². The van der Waals surface area contributed by atoms with E-state index in [4.69, 9.17) is 28.3 Å². The lowest BCUT2D eigenvalue weighted by Crippen LogP contribution is -2.07. The highest BCUT2D eigenvalue weighted by atomic mass is 35.5. The molecule has 0 bridgehead atoms. The minimum absolute atomic E-state index is 0.0552. The van der Waals surface area contributed by atoms with Crippen molar-refractivity contribution < 1.29 is 19.1 Å². The van der Waals surface area contributed by atoms with E-state index in [1.165, 1.54) is 18.2 Å². The lowest BCUT2D eigenvalue weighted by molar-refractivity contribution is 0.0696. The third kappa shape index (κ3) is 3.28. The summed E-state index contributed by atoms with van der Waals surface area (Å²) in [6.07, 6.45) is 1.71. The summed E-state index contributed by atoms with van der Waals surface area (Å²) in [5.41, 5.74) is 2.48. The van der Waals surface area contributed by atoms with Gasteiger partial charge < -0.3 is 9.51 Å². The molecular weight excluding hydrogens is 416 g/mol. The predicted molar refractivity (Wildman–Crippen MR) is 110 cm³/mol. The van der Waals surface area contributed by atoms with Gasteiger partial charge in [-0.1, -0.05) is 41.4 Å². The first-order valence-corrected chi connectivity index (χ1v) is 9.26. The fraction of sp³-hybridized carbons (Fsp3) is 0. The number of hydrogen-bond donors (Lipinski definition) is 1. The minimum Gasteiger partial charge on any atom is -0.478 e. The van der Waals surface area contributed by atoms with Crippen LogP contribution < -0.4 is 0 Å². The molecule has 4 rings (SSSR count). The van der Waals surface area contributed by atoms with Crippen LogP contribution in [0, 0.1) is 5.82 Å². The summed E-state index contributed by atoms with van der Waals surface area (Å²) in [4.78, 5) is 24.3. The summed E-state index contributed by atoms with van der Waals surface area (Å²) in [7, 11) is 0. The molecule has 0 unspecified atom stereocenters. The van der Waals surface area contributed by atoms with Crippen molar-refractivity contribution in [2.24, 2.45) is 0 Å². The highest BCUT2D eigenvalue weighted by molar-refractivity contribution is 6.41. The molecule has 0 spiro atoms. The first-order valence-electron chi connectivity index (χ1n) is 8.50. The summed E-state index contributed by atoms with van der Waals surface area (Å²) < 4.78 is 15.6. The van der Waals surface area contributed by atoms with Gasteiger partial charge in [-0.25, -0.2) is 9.18 Å². The van der Waals surface area contributed by atoms with Crippen molar-refractivity contribution in [3.63, 3.8) is 0 Å². The van der Waals surface area contributed by atoms with Crippen molar-refractivity contribution in [2.45, 2.75) is 0 Å². The van der Waals surface area contributed by atoms with Crippen LogP contribution in [0.1, 0.15) is 26.4 Å². The van der Waals surface area contributed by atoms with Crippen LogP contribution in [0.4, 0.5) is 4.39 Å². The number of aromatic nitrogens is 1. The van der Waals surface area contributed by atoms with E-state index in [0.29, 0.717) is 0 Å². The van der Waals surface area contributed by atoms with Crippen molar-refractivity contribution in [3.8, 4) is 11.1 Å². The van der Waals surface area contributed by atoms with Crippen molar-refractivity contribution in [2.75, 3.05) is 0 Å². The number of aromatic carboxylic acids is 1. The number of benzene rings is 2. The monoisotopic (exact) mass is 427 g/mol. The number of ketones is 1. The first-order chi connectivity index (χ1) is 13.9. The zero-order valence-corrected chi connectivity index (χ0v) is 16.2. The van der Waals surface area contributed by atoms with Gasteiger partial charge in [-0.15, -0.1) is 0 Å². The average molecular weight is 428 g/mol. The standard InChI is InChI=1S/C22H12Cl2FNO3/c23-15-8-9-16(25)20(24)19(15)21(27)18-11-14(17-3-1-2-10-26(17)18)12-4-6-13(7-5-12)22(28)29/h1-11H,(H,28,29). The molecule has 0 aliphatic rings. The number of carbonyl (C=O) groups is 2. The number of rotatable bonds is 4. The second-order valence-corrected chi connectivity index (χ2v) is 7.11. The molecule has 144 valence electrons. The van der Waals surface area contributed by atoms with E-state index in [1.807, 2.05) is 12.1 Å². The van der Waals surface area contributed by atoms with E-state index in [2.05, 4.69) is 0 Å². The van der Waals surface area contributed by atoms with Gasteiger partial charge in [0.2, 0.25) is 5.78 Å². The Bertz CT molecular complexity index is 1280. The Morgan fingerprint density at radius 1 is 0.966 bits per heavy atom. The van der Waals surface area contributed by atoms with Gasteiger partial charge in [0.15, 0.2) is 0 Å². The highest BCUT2D eigenvalue weighted by Gasteiger charge is 2.23. The molecule has 1 N–H and O–H groups in total. The van der Waals surface area contributed by atoms with Crippen molar-refractivity contribution in [1.82, 2.24) is 4.40 Å². The molecule has 0 amide bonds. The number of halogens is 3. The van der Waals surface area contributed by atoms with Gasteiger partial charge in [-0.2, -0.15) is 0 Å². The average Bonchev–Trinajstić information content (AvgIpc) is 3.11. The molecule has 7 heteroatoms. The number of fused-ring (bicyclic) bond motifs is 1. The molecule has 0 fully saturated rings. The predicted octanol–water partition coefficient (Wildman–Crippen LogP) is 5.98. The van der Waals surface area contributed by atoms with Crippen LogP contribution in [0.2, 0.25) is 10.0 Å². The third-order valence-corrected chi connectivity index (χ3v) is 5.31. The van der Waals surface area contributed by atoms with Crippen LogP contribution in [0.25, 0.3) is 16.6 Å². The maximum Gasteiger partial charge on any atom is 0.335 e. The fourth-order valence-corrected chi connectivity index (χ4v) is 3.76. The topological polar surface area (TPSA) is 58.8 Å². The molecule has 4 nitrogen and oxygen atoms in total. The van der Waals surface area contributed by atoms with Gasteiger partial charge >= 0.3 is 5.97 Å². The van der Waals surface area contributed by atoms with E-state index in [1.54, 1.807) is 34.9 Å². The van der Waals surface area contributed by atoms with Gasteiger partial charge in [0.05, 0.1) is 32.4 Å². The van der Waals surface area contributed by atoms with E-state index >= 15 is 0 Å². The molecule has 0 saturated carbocycles. The Balaban J connectivity index is 1.91. The van der Waals surface area contributed by atoms with Gasteiger partial charge in [-0.05, 0) is 48.0 Å². The summed E-state index contributed by atoms with van der Waals surface area (Å²) in [6, 6.07) is 15.8. The molecule has 0 radical (unpaired) electrons. The van der Waals surface area contributed by atoms with E-state index in [9.17, 15) is 14.0 Å². The second kappa shape index (κ2) is 7.35. The van der Waals surface area contributed by atoms with E-state index < -0.39 is 17.6 Å². The summed E-state index contributed by atoms with van der Waals surface area (Å²) in [5.74, 6) is -2.27. The Hall–Kier alpha value is -3.15. The lowest BCUT2D eigenvalue weighted by atomic mass is 10.0. The summed E-state index contributed by atoms with van der Waals surface area (Å²) in [6.45, 7) is 0. The van der Waals surface area contributed by atoms with Crippen LogP contribution in [-0.2, 0) is 0 Å². The van der Waals surface area contributed by atoms with Gasteiger partial charge in [-0.3, -0.25) is 4.79 Å². The molecular formula is C22H12Cl2FNO3. The molecule has 4 aromatic rings. The minimum atomic E-state index is -1.02. The zero-order chi connectivity index (χ0) is 20.7. The number of nitrogens with zero attached hydrogens (tertiary/aromatic N) is 1. The summed E-state index contributed by atoms with van der Waals surface area (Å²) in [5, 5.41) is 8.81. The van der Waals surface area contributed by atoms with Crippen LogP contribution in [0.5, 0.6) is 0 Å². The van der Waals surface area contributed by atoms with Crippen molar-refractivity contribution in [3.05, 3.63) is 99.5 Å². The molecule has 0 atom stereocenters. The molecule has 0 aliphatic heterocycles. The number of hydrogen-bond acceptors (Lipinski definition) is 2. The van der Waals surface area contributed by atoms with Gasteiger partial charge in [0.25, 0.3) is 0 Å². The number of carboxylic acid groups (broad SMARTS) is 1. The highest BCUT2D eigenvalue weighted by Crippen LogP contribution is 2.33. The number of carbonyl (C=O) groups excluding carboxylic acids is 1. The molecule has 0 saturated heterocycles. The molecule has 2 heterocycles. The Kier molecular flexibility index (Phi) is 4.86. The SMILES string of the molecule is O=C(O)c1ccc(-c2cc(C(=O)c3c(Cl)ccc(F)c3Cl)n3ccccc23)cc1. The Morgan fingerprint density at radius 3 is 2.38 bits per heavy atom. The smallest absolute Gasteiger partial charge is 0.335 e. The second-order valence-electron chi connectivity index (χ2n) is 6.33. The van der Waals surface area contributed by atoms with Crippen LogP contribution in [-0.4, -0.2) is 21.3 Å². The van der Waals surface area contributed by atoms with Crippen LogP contribution in [0.3, 0.4) is 0 Å². The fourth-order valence-electron chi connectivity index (χ4n) is 3.21. The molecule has 29 heavy (non-hydrogen) atoms. The molecule has 2 aromatic heterocycles. The maximum atomic E-state index is 13.9. The van der Waals surface area contributed by atoms with Crippen LogP contribution >= 0.6 is 23.2 Å². The van der Waals surface area contributed by atoms with E-state index in [0.717, 1.165) is 22.7 Å². The van der Waals surface area contributed by atoms with E-state index in [-0.39, 0.29) is 26.9 Å². The van der Waals surface area contributed by atoms with Gasteiger partial charge in [0, 0.05) is 11.8 Å².